The average molecular weight is 481 g/mol. The number of carbonyl (C=O) groups is 2. The molecule has 0 unspecified atom stereocenters. The first kappa shape index (κ1) is 25.1. The molecule has 2 amide bonds. The van der Waals surface area contributed by atoms with E-state index in [0.29, 0.717) is 18.1 Å². The monoisotopic (exact) mass is 480 g/mol. The van der Waals surface area contributed by atoms with Crippen molar-refractivity contribution in [1.29, 1.82) is 0 Å². The fourth-order valence-electron chi connectivity index (χ4n) is 4.58. The number of rotatable bonds is 5. The number of hydrogen-bond donors (Lipinski definition) is 1. The number of alkyl halides is 3. The third-order valence-electron chi connectivity index (χ3n) is 6.11. The lowest BCUT2D eigenvalue weighted by Crippen LogP contribution is -2.42. The molecule has 1 heterocycles. The predicted octanol–water partition coefficient (Wildman–Crippen LogP) is 6.46. The van der Waals surface area contributed by atoms with Gasteiger partial charge in [-0.3, -0.25) is 9.59 Å². The van der Waals surface area contributed by atoms with Crippen molar-refractivity contribution in [3.8, 4) is 0 Å². The molecule has 0 saturated carbocycles. The molecular formula is C25H28ClF3N2O2. The fraction of sp³-hybridized carbons (Fsp3) is 0.440. The van der Waals surface area contributed by atoms with E-state index in [0.717, 1.165) is 25.3 Å². The van der Waals surface area contributed by atoms with Crippen molar-refractivity contribution in [2.45, 2.75) is 51.6 Å². The number of halogens is 4. The molecule has 4 nitrogen and oxygen atoms in total. The molecule has 0 aromatic heterocycles. The van der Waals surface area contributed by atoms with Crippen LogP contribution in [-0.2, 0) is 15.8 Å². The maximum atomic E-state index is 14.1. The summed E-state index contributed by atoms with van der Waals surface area (Å²) in [5, 5.41) is 2.93. The highest BCUT2D eigenvalue weighted by atomic mass is 35.5. The summed E-state index contributed by atoms with van der Waals surface area (Å²) in [6.45, 7) is 5.59. The summed E-state index contributed by atoms with van der Waals surface area (Å²) >= 11 is 5.97. The predicted molar refractivity (Wildman–Crippen MR) is 123 cm³/mol. The summed E-state index contributed by atoms with van der Waals surface area (Å²) in [6.07, 6.45) is -3.25. The number of likely N-dealkylation sites (tertiary alicyclic amines) is 1. The number of nitrogens with zero attached hydrogens (tertiary/aromatic N) is 1. The molecule has 1 fully saturated rings. The van der Waals surface area contributed by atoms with Gasteiger partial charge in [0.2, 0.25) is 11.8 Å². The minimum Gasteiger partial charge on any atom is -0.342 e. The van der Waals surface area contributed by atoms with Gasteiger partial charge in [0, 0.05) is 25.0 Å². The molecule has 1 N–H and O–H groups in total. The van der Waals surface area contributed by atoms with Gasteiger partial charge in [0.05, 0.1) is 17.2 Å². The highest BCUT2D eigenvalue weighted by Gasteiger charge is 2.41. The van der Waals surface area contributed by atoms with Crippen LogP contribution in [0, 0.1) is 5.92 Å². The lowest BCUT2D eigenvalue weighted by Gasteiger charge is -2.36. The first-order valence-electron chi connectivity index (χ1n) is 11.0. The molecule has 2 aromatic rings. The van der Waals surface area contributed by atoms with Gasteiger partial charge >= 0.3 is 6.18 Å². The van der Waals surface area contributed by atoms with Crippen LogP contribution >= 0.6 is 11.6 Å². The Hall–Kier alpha value is -2.54. The van der Waals surface area contributed by atoms with E-state index in [2.05, 4.69) is 5.32 Å². The number of carbonyl (C=O) groups excluding carboxylic acids is 2. The molecule has 1 saturated heterocycles. The minimum atomic E-state index is -4.72. The maximum absolute atomic E-state index is 14.1. The first-order chi connectivity index (χ1) is 15.5. The molecule has 1 atom stereocenters. The molecule has 33 heavy (non-hydrogen) atoms. The summed E-state index contributed by atoms with van der Waals surface area (Å²) in [6, 6.07) is 11.6. The van der Waals surface area contributed by atoms with Crippen LogP contribution in [0.3, 0.4) is 0 Å². The zero-order valence-electron chi connectivity index (χ0n) is 18.9. The zero-order valence-corrected chi connectivity index (χ0v) is 19.6. The molecule has 0 spiro atoms. The number of nitrogens with one attached hydrogen (secondary N) is 1. The summed E-state index contributed by atoms with van der Waals surface area (Å²) < 4.78 is 42.2. The van der Waals surface area contributed by atoms with E-state index < -0.39 is 23.6 Å². The molecule has 0 bridgehead atoms. The second kappa shape index (κ2) is 10.2. The first-order valence-corrected chi connectivity index (χ1v) is 11.4. The van der Waals surface area contributed by atoms with Gasteiger partial charge in [-0.1, -0.05) is 49.7 Å². The van der Waals surface area contributed by atoms with E-state index >= 15 is 0 Å². The van der Waals surface area contributed by atoms with Crippen LogP contribution in [0.25, 0.3) is 0 Å². The van der Waals surface area contributed by atoms with Crippen LogP contribution in [0.1, 0.15) is 62.1 Å². The molecule has 178 valence electrons. The van der Waals surface area contributed by atoms with Gasteiger partial charge in [0.15, 0.2) is 0 Å². The van der Waals surface area contributed by atoms with E-state index in [4.69, 9.17) is 11.6 Å². The zero-order chi connectivity index (χ0) is 24.3. The Morgan fingerprint density at radius 1 is 1.06 bits per heavy atom. The SMILES string of the molecule is CC(=O)Nc1cccc([C@H](C(=O)N2CCC(c3ccc(Cl)cc3)CC2)C(C)C)c1C(F)(F)F. The van der Waals surface area contributed by atoms with Crippen LogP contribution in [-0.4, -0.2) is 29.8 Å². The number of amides is 2. The Labute approximate surface area is 197 Å². The third kappa shape index (κ3) is 5.88. The topological polar surface area (TPSA) is 49.4 Å². The van der Waals surface area contributed by atoms with E-state index in [1.807, 2.05) is 24.3 Å². The Bertz CT molecular complexity index is 998. The minimum absolute atomic E-state index is 0.103. The number of hydrogen-bond acceptors (Lipinski definition) is 2. The van der Waals surface area contributed by atoms with Crippen molar-refractivity contribution < 1.29 is 22.8 Å². The van der Waals surface area contributed by atoms with Gasteiger partial charge in [-0.15, -0.1) is 0 Å². The highest BCUT2D eigenvalue weighted by molar-refractivity contribution is 6.30. The van der Waals surface area contributed by atoms with Gasteiger partial charge in [0.1, 0.15) is 0 Å². The Balaban J connectivity index is 1.87. The molecule has 1 aliphatic heterocycles. The Morgan fingerprint density at radius 2 is 1.67 bits per heavy atom. The van der Waals surface area contributed by atoms with Gasteiger partial charge in [-0.05, 0) is 54.0 Å². The molecule has 8 heteroatoms. The number of piperidine rings is 1. The second-order valence-electron chi connectivity index (χ2n) is 8.82. The summed E-state index contributed by atoms with van der Waals surface area (Å²) in [7, 11) is 0. The van der Waals surface area contributed by atoms with Crippen molar-refractivity contribution in [2.75, 3.05) is 18.4 Å². The quantitative estimate of drug-likeness (QED) is 0.533. The molecule has 2 aromatic carbocycles. The van der Waals surface area contributed by atoms with Crippen LogP contribution in [0.2, 0.25) is 5.02 Å². The van der Waals surface area contributed by atoms with Gasteiger partial charge in [0.25, 0.3) is 0 Å². The van der Waals surface area contributed by atoms with Crippen molar-refractivity contribution in [3.05, 3.63) is 64.2 Å². The maximum Gasteiger partial charge on any atom is 0.418 e. The van der Waals surface area contributed by atoms with Crippen molar-refractivity contribution in [2.24, 2.45) is 5.92 Å². The van der Waals surface area contributed by atoms with Crippen molar-refractivity contribution in [1.82, 2.24) is 4.90 Å². The normalized spacial score (nSPS) is 16.1. The van der Waals surface area contributed by atoms with Crippen LogP contribution in [0.15, 0.2) is 42.5 Å². The number of anilines is 1. The highest BCUT2D eigenvalue weighted by Crippen LogP contribution is 2.43. The van der Waals surface area contributed by atoms with Gasteiger partial charge in [-0.25, -0.2) is 0 Å². The second-order valence-corrected chi connectivity index (χ2v) is 9.26. The fourth-order valence-corrected chi connectivity index (χ4v) is 4.71. The van der Waals surface area contributed by atoms with Crippen LogP contribution < -0.4 is 5.32 Å². The van der Waals surface area contributed by atoms with E-state index in [1.54, 1.807) is 18.7 Å². The summed E-state index contributed by atoms with van der Waals surface area (Å²) in [5.74, 6) is -1.97. The molecule has 0 aliphatic carbocycles. The molecule has 0 radical (unpaired) electrons. The van der Waals surface area contributed by atoms with E-state index in [-0.39, 0.29) is 29.0 Å². The van der Waals surface area contributed by atoms with E-state index in [1.165, 1.54) is 18.2 Å². The lowest BCUT2D eigenvalue weighted by molar-refractivity contribution is -0.139. The molecule has 1 aliphatic rings. The summed E-state index contributed by atoms with van der Waals surface area (Å²) in [4.78, 5) is 26.7. The lowest BCUT2D eigenvalue weighted by atomic mass is 9.82. The Morgan fingerprint density at radius 3 is 2.18 bits per heavy atom. The van der Waals surface area contributed by atoms with Gasteiger partial charge in [-0.2, -0.15) is 13.2 Å². The van der Waals surface area contributed by atoms with Crippen LogP contribution in [0.4, 0.5) is 18.9 Å². The average Bonchev–Trinajstić information content (AvgIpc) is 2.73. The molecule has 3 rings (SSSR count). The summed E-state index contributed by atoms with van der Waals surface area (Å²) in [5.41, 5.74) is -0.237. The smallest absolute Gasteiger partial charge is 0.342 e. The largest absolute Gasteiger partial charge is 0.418 e. The van der Waals surface area contributed by atoms with Crippen molar-refractivity contribution in [3.63, 3.8) is 0 Å². The van der Waals surface area contributed by atoms with E-state index in [9.17, 15) is 22.8 Å². The van der Waals surface area contributed by atoms with Crippen LogP contribution in [0.5, 0.6) is 0 Å². The Kier molecular flexibility index (Phi) is 7.73. The van der Waals surface area contributed by atoms with Crippen molar-refractivity contribution >= 4 is 29.1 Å². The standard InChI is InChI=1S/C25H28ClF3N2O2/c1-15(2)22(20-5-4-6-21(30-16(3)32)23(20)25(27,28)29)24(33)31-13-11-18(12-14-31)17-7-9-19(26)10-8-17/h4-10,15,18,22H,11-14H2,1-3H3,(H,30,32)/t22-/m1/s1. The molecular weight excluding hydrogens is 453 g/mol. The third-order valence-corrected chi connectivity index (χ3v) is 6.36. The van der Waals surface area contributed by atoms with Gasteiger partial charge < -0.3 is 10.2 Å². The number of benzene rings is 2.